The van der Waals surface area contributed by atoms with Crippen LogP contribution in [0.15, 0.2) is 0 Å². The number of carbonyl (C=O) groups is 1. The number of carbonyl (C=O) groups excluding carboxylic acids is 1. The molecule has 0 aromatic rings. The van der Waals surface area contributed by atoms with Crippen LogP contribution in [-0.4, -0.2) is 80.2 Å². The van der Waals surface area contributed by atoms with Crippen molar-refractivity contribution in [3.05, 3.63) is 0 Å². The molecule has 0 saturated carbocycles. The second-order valence-electron chi connectivity index (χ2n) is 9.41. The summed E-state index contributed by atoms with van der Waals surface area (Å²) < 4.78 is 20.1. The van der Waals surface area contributed by atoms with Gasteiger partial charge >= 0.3 is 6.09 Å². The maximum atomic E-state index is 14.6. The van der Waals surface area contributed by atoms with Crippen molar-refractivity contribution in [2.75, 3.05) is 39.3 Å². The third-order valence-corrected chi connectivity index (χ3v) is 6.32. The summed E-state index contributed by atoms with van der Waals surface area (Å²) in [5.74, 6) is 0. The summed E-state index contributed by atoms with van der Waals surface area (Å²) in [6, 6.07) is -0.178. The first-order chi connectivity index (χ1) is 13.1. The second-order valence-corrected chi connectivity index (χ2v) is 9.41. The first-order valence-corrected chi connectivity index (χ1v) is 11.0. The van der Waals surface area contributed by atoms with Gasteiger partial charge in [-0.2, -0.15) is 0 Å². The van der Waals surface area contributed by atoms with Gasteiger partial charge < -0.3 is 15.0 Å². The first-order valence-electron chi connectivity index (χ1n) is 11.0. The maximum absolute atomic E-state index is 14.6. The van der Waals surface area contributed by atoms with Gasteiger partial charge in [-0.15, -0.1) is 0 Å². The van der Waals surface area contributed by atoms with E-state index in [9.17, 15) is 9.18 Å². The zero-order valence-electron chi connectivity index (χ0n) is 18.5. The number of amides is 1. The average molecular weight is 395 g/mol. The fourth-order valence-corrected chi connectivity index (χ4v) is 4.66. The Morgan fingerprint density at radius 1 is 1.11 bits per heavy atom. The lowest BCUT2D eigenvalue weighted by atomic mass is 9.69. The van der Waals surface area contributed by atoms with Crippen LogP contribution in [0.5, 0.6) is 0 Å². The molecular formula is C21H39BFN3O2. The van der Waals surface area contributed by atoms with Crippen LogP contribution in [0.1, 0.15) is 66.7 Å². The number of ether oxygens (including phenoxy) is 1. The molecule has 3 fully saturated rings. The summed E-state index contributed by atoms with van der Waals surface area (Å²) in [5.41, 5.74) is -1.80. The molecule has 2 radical (unpaired) electrons. The van der Waals surface area contributed by atoms with E-state index in [1.54, 1.807) is 0 Å². The minimum atomic E-state index is -1.64. The molecule has 3 saturated heterocycles. The van der Waals surface area contributed by atoms with E-state index < -0.39 is 11.2 Å². The van der Waals surface area contributed by atoms with Crippen LogP contribution in [0.25, 0.3) is 0 Å². The highest BCUT2D eigenvalue weighted by molar-refractivity contribution is 6.15. The Kier molecular flexibility index (Phi) is 7.82. The molecule has 160 valence electrons. The highest BCUT2D eigenvalue weighted by Crippen LogP contribution is 2.42. The predicted octanol–water partition coefficient (Wildman–Crippen LogP) is 3.32. The lowest BCUT2D eigenvalue weighted by Crippen LogP contribution is -2.62. The molecule has 1 amide bonds. The van der Waals surface area contributed by atoms with Crippen molar-refractivity contribution in [3.8, 4) is 0 Å². The molecule has 5 nitrogen and oxygen atoms in total. The fourth-order valence-electron chi connectivity index (χ4n) is 4.66. The molecule has 0 aromatic heterocycles. The molecular weight excluding hydrogens is 356 g/mol. The molecule has 3 heterocycles. The quantitative estimate of drug-likeness (QED) is 0.692. The summed E-state index contributed by atoms with van der Waals surface area (Å²) in [6.07, 6.45) is 4.71. The van der Waals surface area contributed by atoms with Crippen LogP contribution >= 0.6 is 0 Å². The van der Waals surface area contributed by atoms with Gasteiger partial charge in [-0.25, -0.2) is 4.79 Å². The van der Waals surface area contributed by atoms with Crippen molar-refractivity contribution >= 4 is 13.9 Å². The van der Waals surface area contributed by atoms with Gasteiger partial charge in [0.05, 0.1) is 5.57 Å². The summed E-state index contributed by atoms with van der Waals surface area (Å²) in [6.45, 7) is 14.1. The van der Waals surface area contributed by atoms with Crippen molar-refractivity contribution in [2.24, 2.45) is 5.41 Å². The van der Waals surface area contributed by atoms with Crippen molar-refractivity contribution < 1.29 is 13.9 Å². The minimum absolute atomic E-state index is 0.178. The van der Waals surface area contributed by atoms with Crippen LogP contribution in [0.3, 0.4) is 0 Å². The zero-order valence-corrected chi connectivity index (χ0v) is 18.5. The molecule has 28 heavy (non-hydrogen) atoms. The van der Waals surface area contributed by atoms with Crippen LogP contribution in [0.4, 0.5) is 9.18 Å². The third kappa shape index (κ3) is 5.85. The number of likely N-dealkylation sites (tertiary alicyclic amines) is 2. The Hall–Kier alpha value is -0.815. The number of alkyl halides is 1. The first kappa shape index (κ1) is 23.5. The zero-order chi connectivity index (χ0) is 21.0. The topological polar surface area (TPSA) is 44.8 Å². The van der Waals surface area contributed by atoms with E-state index in [0.717, 1.165) is 64.8 Å². The van der Waals surface area contributed by atoms with Crippen molar-refractivity contribution in [1.29, 1.82) is 0 Å². The van der Waals surface area contributed by atoms with Crippen LogP contribution < -0.4 is 5.32 Å². The summed E-state index contributed by atoms with van der Waals surface area (Å²) in [5, 5.41) is 3.06. The third-order valence-electron chi connectivity index (χ3n) is 6.32. The predicted molar refractivity (Wildman–Crippen MR) is 112 cm³/mol. The maximum Gasteiger partial charge on any atom is 0.410 e. The summed E-state index contributed by atoms with van der Waals surface area (Å²) in [7, 11) is 5.90. The lowest BCUT2D eigenvalue weighted by molar-refractivity contribution is -0.0224. The standard InChI is InChI=1S/C19H33BFN3O2.C2H6/c1-17(2,3)26-16(25)24-12-7-18(8-13-24)5-10-23(11-6-18)15-4-9-22-14-19(15,20)21;1-2/h15,22H,4-14H2,1-3H3;1-2H3/t15-,19?;/m1./s1. The molecule has 1 spiro atoms. The largest absolute Gasteiger partial charge is 0.444 e. The molecule has 3 aliphatic rings. The molecule has 1 unspecified atom stereocenters. The van der Waals surface area contributed by atoms with Crippen LogP contribution in [-0.2, 0) is 4.74 Å². The van der Waals surface area contributed by atoms with Gasteiger partial charge in [-0.1, -0.05) is 13.8 Å². The Bertz CT molecular complexity index is 506. The molecule has 7 heteroatoms. The van der Waals surface area contributed by atoms with Gasteiger partial charge in [0, 0.05) is 25.7 Å². The highest BCUT2D eigenvalue weighted by Gasteiger charge is 2.44. The van der Waals surface area contributed by atoms with Gasteiger partial charge in [0.1, 0.15) is 13.4 Å². The number of rotatable bonds is 1. The van der Waals surface area contributed by atoms with Crippen molar-refractivity contribution in [2.45, 2.75) is 83.9 Å². The summed E-state index contributed by atoms with van der Waals surface area (Å²) in [4.78, 5) is 16.3. The van der Waals surface area contributed by atoms with E-state index in [1.807, 2.05) is 39.5 Å². The number of hydrogen-bond donors (Lipinski definition) is 1. The van der Waals surface area contributed by atoms with E-state index in [2.05, 4.69) is 10.2 Å². The molecule has 0 bridgehead atoms. The second kappa shape index (κ2) is 9.33. The van der Waals surface area contributed by atoms with Gasteiger partial charge in [0.15, 0.2) is 0 Å². The molecule has 0 aromatic carbocycles. The number of nitrogens with zero attached hydrogens (tertiary/aromatic N) is 2. The fraction of sp³-hybridized carbons (Fsp3) is 0.952. The minimum Gasteiger partial charge on any atom is -0.444 e. The van der Waals surface area contributed by atoms with Gasteiger partial charge in [0.25, 0.3) is 0 Å². The van der Waals surface area contributed by atoms with Crippen molar-refractivity contribution in [1.82, 2.24) is 15.1 Å². The van der Waals surface area contributed by atoms with Gasteiger partial charge in [-0.05, 0) is 77.9 Å². The molecule has 0 aliphatic carbocycles. The molecule has 1 N–H and O–H groups in total. The van der Waals surface area contributed by atoms with E-state index in [4.69, 9.17) is 12.6 Å². The molecule has 3 aliphatic heterocycles. The lowest BCUT2D eigenvalue weighted by Gasteiger charge is -2.51. The van der Waals surface area contributed by atoms with E-state index in [-0.39, 0.29) is 24.1 Å². The number of halogens is 1. The molecule has 2 atom stereocenters. The monoisotopic (exact) mass is 395 g/mol. The van der Waals surface area contributed by atoms with Crippen LogP contribution in [0, 0.1) is 5.41 Å². The highest BCUT2D eigenvalue weighted by atomic mass is 19.1. The summed E-state index contributed by atoms with van der Waals surface area (Å²) >= 11 is 0. The van der Waals surface area contributed by atoms with E-state index in [0.29, 0.717) is 0 Å². The Balaban J connectivity index is 0.00000136. The Morgan fingerprint density at radius 2 is 1.64 bits per heavy atom. The normalized spacial score (nSPS) is 31.1. The Morgan fingerprint density at radius 3 is 2.14 bits per heavy atom. The van der Waals surface area contributed by atoms with Crippen LogP contribution in [0.2, 0.25) is 0 Å². The SMILES string of the molecule is CC.[B]C1(F)CNCC[C@H]1N1CCC2(CCN(C(=O)OC(C)(C)C)CC2)CC1. The van der Waals surface area contributed by atoms with E-state index in [1.165, 1.54) is 0 Å². The van der Waals surface area contributed by atoms with E-state index >= 15 is 0 Å². The number of piperidine rings is 3. The molecule has 3 rings (SSSR count). The average Bonchev–Trinajstić information content (AvgIpc) is 2.63. The van der Waals surface area contributed by atoms with Crippen molar-refractivity contribution in [3.63, 3.8) is 0 Å². The number of nitrogens with one attached hydrogen (secondary N) is 1. The van der Waals surface area contributed by atoms with Gasteiger partial charge in [-0.3, -0.25) is 9.29 Å². The Labute approximate surface area is 172 Å². The number of hydrogen-bond acceptors (Lipinski definition) is 4. The smallest absolute Gasteiger partial charge is 0.410 e. The van der Waals surface area contributed by atoms with Gasteiger partial charge in [0.2, 0.25) is 0 Å².